The number of nitrogens with one attached hydrogen (secondary N) is 2. The van der Waals surface area contributed by atoms with E-state index in [1.165, 1.54) is 4.70 Å². The van der Waals surface area contributed by atoms with Crippen LogP contribution >= 0.6 is 27.3 Å². The van der Waals surface area contributed by atoms with Gasteiger partial charge in [-0.05, 0) is 48.0 Å². The maximum atomic E-state index is 12.1. The third-order valence-electron chi connectivity index (χ3n) is 4.43. The first-order valence-electron chi connectivity index (χ1n) is 9.34. The Hall–Kier alpha value is -3.03. The van der Waals surface area contributed by atoms with Gasteiger partial charge < -0.3 is 10.6 Å². The summed E-state index contributed by atoms with van der Waals surface area (Å²) in [4.78, 5) is 28.9. The second kappa shape index (κ2) is 9.19. The Morgan fingerprint density at radius 1 is 0.967 bits per heavy atom. The van der Waals surface area contributed by atoms with Crippen molar-refractivity contribution in [1.29, 1.82) is 0 Å². The van der Waals surface area contributed by atoms with Gasteiger partial charge in [-0.2, -0.15) is 0 Å². The summed E-state index contributed by atoms with van der Waals surface area (Å²) in [6.07, 6.45) is 0.746. The monoisotopic (exact) mass is 479 g/mol. The highest BCUT2D eigenvalue weighted by molar-refractivity contribution is 9.10. The van der Waals surface area contributed by atoms with Gasteiger partial charge in [-0.15, -0.1) is 11.3 Å². The minimum atomic E-state index is -0.294. The van der Waals surface area contributed by atoms with E-state index in [2.05, 4.69) is 37.6 Å². The van der Waals surface area contributed by atoms with Crippen molar-refractivity contribution in [2.75, 3.05) is 11.9 Å². The number of rotatable bonds is 6. The molecular weight excluding hydrogens is 462 g/mol. The fraction of sp³-hybridized carbons (Fsp3) is 0.0870. The topological polar surface area (TPSA) is 71.1 Å². The molecule has 0 bridgehead atoms. The van der Waals surface area contributed by atoms with Crippen molar-refractivity contribution in [2.24, 2.45) is 0 Å². The molecule has 0 saturated carbocycles. The first kappa shape index (κ1) is 20.3. The normalized spacial score (nSPS) is 10.7. The van der Waals surface area contributed by atoms with E-state index >= 15 is 0 Å². The molecule has 4 aromatic rings. The molecule has 7 heteroatoms. The lowest BCUT2D eigenvalue weighted by atomic mass is 10.1. The minimum Gasteiger partial charge on any atom is -0.343 e. The van der Waals surface area contributed by atoms with E-state index in [4.69, 9.17) is 0 Å². The molecule has 1 heterocycles. The molecule has 4 rings (SSSR count). The summed E-state index contributed by atoms with van der Waals surface area (Å²) in [5, 5.41) is 6.48. The van der Waals surface area contributed by atoms with Crippen molar-refractivity contribution in [3.8, 4) is 0 Å². The number of hydrogen-bond acceptors (Lipinski definition) is 4. The van der Waals surface area contributed by atoms with E-state index < -0.39 is 0 Å². The standard InChI is InChI=1S/C23H18BrN3O2S/c24-17-5-3-4-16(13-17)23(29)25-14-21(28)26-18-10-8-15(9-11-18)12-22-27-19-6-1-2-7-20(19)30-22/h1-11,13H,12,14H2,(H,25,29)(H,26,28). The number of aromatic nitrogens is 1. The second-order valence-electron chi connectivity index (χ2n) is 6.69. The van der Waals surface area contributed by atoms with E-state index in [1.807, 2.05) is 48.5 Å². The number of carbonyl (C=O) groups is 2. The maximum absolute atomic E-state index is 12.1. The summed E-state index contributed by atoms with van der Waals surface area (Å²) in [7, 11) is 0. The van der Waals surface area contributed by atoms with Crippen molar-refractivity contribution >= 4 is 55.0 Å². The molecule has 0 aliphatic heterocycles. The maximum Gasteiger partial charge on any atom is 0.251 e. The Kier molecular flexibility index (Phi) is 6.21. The van der Waals surface area contributed by atoms with Gasteiger partial charge in [0.1, 0.15) is 0 Å². The summed E-state index contributed by atoms with van der Waals surface area (Å²) in [5.74, 6) is -0.574. The highest BCUT2D eigenvalue weighted by Gasteiger charge is 2.09. The number of benzene rings is 3. The van der Waals surface area contributed by atoms with Crippen LogP contribution in [-0.4, -0.2) is 23.3 Å². The van der Waals surface area contributed by atoms with Crippen LogP contribution in [0.1, 0.15) is 20.9 Å². The molecule has 150 valence electrons. The van der Waals surface area contributed by atoms with E-state index in [0.717, 1.165) is 27.0 Å². The molecule has 0 atom stereocenters. The summed E-state index contributed by atoms with van der Waals surface area (Å²) in [5.41, 5.74) is 3.32. The number of thiazole rings is 1. The van der Waals surface area contributed by atoms with E-state index in [9.17, 15) is 9.59 Å². The zero-order chi connectivity index (χ0) is 20.9. The Bertz CT molecular complexity index is 1170. The lowest BCUT2D eigenvalue weighted by Gasteiger charge is -2.08. The number of nitrogens with zero attached hydrogens (tertiary/aromatic N) is 1. The molecule has 0 aliphatic rings. The molecule has 0 aliphatic carbocycles. The minimum absolute atomic E-state index is 0.0984. The molecule has 0 saturated heterocycles. The van der Waals surface area contributed by atoms with Gasteiger partial charge >= 0.3 is 0 Å². The van der Waals surface area contributed by atoms with Gasteiger partial charge in [0.05, 0.1) is 21.8 Å². The second-order valence-corrected chi connectivity index (χ2v) is 8.72. The molecule has 2 amide bonds. The van der Waals surface area contributed by atoms with Crippen LogP contribution in [0.5, 0.6) is 0 Å². The van der Waals surface area contributed by atoms with Crippen LogP contribution in [0, 0.1) is 0 Å². The molecule has 3 aromatic carbocycles. The summed E-state index contributed by atoms with van der Waals surface area (Å²) in [6, 6.07) is 22.8. The predicted octanol–water partition coefficient (Wildman–Crippen LogP) is 5.02. The Morgan fingerprint density at radius 2 is 1.77 bits per heavy atom. The fourth-order valence-electron chi connectivity index (χ4n) is 2.97. The number of amides is 2. The van der Waals surface area contributed by atoms with Crippen LogP contribution in [-0.2, 0) is 11.2 Å². The van der Waals surface area contributed by atoms with Crippen LogP contribution in [0.4, 0.5) is 5.69 Å². The molecule has 30 heavy (non-hydrogen) atoms. The zero-order valence-electron chi connectivity index (χ0n) is 15.9. The Balaban J connectivity index is 1.30. The average Bonchev–Trinajstić information content (AvgIpc) is 3.16. The van der Waals surface area contributed by atoms with Crippen LogP contribution in [0.15, 0.2) is 77.3 Å². The van der Waals surface area contributed by atoms with Gasteiger partial charge in [-0.3, -0.25) is 9.59 Å². The third kappa shape index (κ3) is 5.11. The van der Waals surface area contributed by atoms with Crippen LogP contribution in [0.3, 0.4) is 0 Å². The lowest BCUT2D eigenvalue weighted by Crippen LogP contribution is -2.32. The van der Waals surface area contributed by atoms with Crippen molar-refractivity contribution in [3.63, 3.8) is 0 Å². The number of para-hydroxylation sites is 1. The highest BCUT2D eigenvalue weighted by Crippen LogP contribution is 2.24. The van der Waals surface area contributed by atoms with Gasteiger partial charge in [0, 0.05) is 22.1 Å². The number of fused-ring (bicyclic) bond motifs is 1. The molecule has 1 aromatic heterocycles. The third-order valence-corrected chi connectivity index (χ3v) is 5.96. The average molecular weight is 480 g/mol. The quantitative estimate of drug-likeness (QED) is 0.407. The van der Waals surface area contributed by atoms with Crippen LogP contribution in [0.25, 0.3) is 10.2 Å². The smallest absolute Gasteiger partial charge is 0.251 e. The van der Waals surface area contributed by atoms with Gasteiger partial charge in [-0.1, -0.05) is 46.3 Å². The Labute approximate surface area is 186 Å². The zero-order valence-corrected chi connectivity index (χ0v) is 18.3. The molecule has 2 N–H and O–H groups in total. The van der Waals surface area contributed by atoms with E-state index in [0.29, 0.717) is 11.3 Å². The van der Waals surface area contributed by atoms with Gasteiger partial charge in [0.15, 0.2) is 0 Å². The van der Waals surface area contributed by atoms with Gasteiger partial charge in [-0.25, -0.2) is 4.98 Å². The molecule has 0 fully saturated rings. The van der Waals surface area contributed by atoms with E-state index in [1.54, 1.807) is 29.5 Å². The molecule has 0 unspecified atom stereocenters. The molecule has 0 radical (unpaired) electrons. The van der Waals surface area contributed by atoms with Crippen molar-refractivity contribution in [2.45, 2.75) is 6.42 Å². The molecular formula is C23H18BrN3O2S. The van der Waals surface area contributed by atoms with Gasteiger partial charge in [0.2, 0.25) is 5.91 Å². The number of halogens is 1. The van der Waals surface area contributed by atoms with Crippen LogP contribution in [0.2, 0.25) is 0 Å². The van der Waals surface area contributed by atoms with Crippen molar-refractivity contribution in [1.82, 2.24) is 10.3 Å². The lowest BCUT2D eigenvalue weighted by molar-refractivity contribution is -0.115. The largest absolute Gasteiger partial charge is 0.343 e. The highest BCUT2D eigenvalue weighted by atomic mass is 79.9. The SMILES string of the molecule is O=C(CNC(=O)c1cccc(Br)c1)Nc1ccc(Cc2nc3ccccc3s2)cc1. The number of anilines is 1. The number of hydrogen-bond donors (Lipinski definition) is 2. The summed E-state index contributed by atoms with van der Waals surface area (Å²) in [6.45, 7) is -0.0984. The first-order chi connectivity index (χ1) is 14.6. The Morgan fingerprint density at radius 3 is 2.53 bits per heavy atom. The summed E-state index contributed by atoms with van der Waals surface area (Å²) < 4.78 is 1.99. The van der Waals surface area contributed by atoms with Crippen molar-refractivity contribution < 1.29 is 9.59 Å². The van der Waals surface area contributed by atoms with Gasteiger partial charge in [0.25, 0.3) is 5.91 Å². The fourth-order valence-corrected chi connectivity index (χ4v) is 4.37. The predicted molar refractivity (Wildman–Crippen MR) is 124 cm³/mol. The first-order valence-corrected chi connectivity index (χ1v) is 10.9. The van der Waals surface area contributed by atoms with Crippen LogP contribution < -0.4 is 10.6 Å². The van der Waals surface area contributed by atoms with E-state index in [-0.39, 0.29) is 18.4 Å². The van der Waals surface area contributed by atoms with Crippen molar-refractivity contribution in [3.05, 3.63) is 93.4 Å². The molecule has 0 spiro atoms. The summed E-state index contributed by atoms with van der Waals surface area (Å²) >= 11 is 5.02. The molecule has 5 nitrogen and oxygen atoms in total. The number of carbonyl (C=O) groups excluding carboxylic acids is 2.